The molecule has 0 unspecified atom stereocenters. The number of hydrogen-bond acceptors (Lipinski definition) is 3. The van der Waals surface area contributed by atoms with E-state index in [9.17, 15) is 4.79 Å². The maximum atomic E-state index is 12.4. The Balaban J connectivity index is 1.59. The number of para-hydroxylation sites is 1. The van der Waals surface area contributed by atoms with Crippen molar-refractivity contribution < 1.29 is 4.79 Å². The van der Waals surface area contributed by atoms with E-state index in [-0.39, 0.29) is 11.9 Å². The van der Waals surface area contributed by atoms with Crippen LogP contribution in [0.5, 0.6) is 0 Å². The smallest absolute Gasteiger partial charge is 0.222 e. The summed E-state index contributed by atoms with van der Waals surface area (Å²) in [7, 11) is 0. The number of hydrogen-bond donors (Lipinski definition) is 2. The van der Waals surface area contributed by atoms with Gasteiger partial charge in [-0.25, -0.2) is 0 Å². The zero-order valence-corrected chi connectivity index (χ0v) is 14.1. The highest BCUT2D eigenvalue weighted by Gasteiger charge is 2.17. The van der Waals surface area contributed by atoms with Crippen LogP contribution in [0.4, 0.5) is 5.69 Å². The van der Waals surface area contributed by atoms with Crippen LogP contribution in [0, 0.1) is 0 Å². The molecule has 0 saturated heterocycles. The molecule has 0 fully saturated rings. The van der Waals surface area contributed by atoms with Crippen molar-refractivity contribution >= 4 is 22.9 Å². The van der Waals surface area contributed by atoms with Gasteiger partial charge in [0.15, 0.2) is 0 Å². The molecule has 0 aliphatic rings. The van der Waals surface area contributed by atoms with Crippen LogP contribution >= 0.6 is 11.3 Å². The Hall–Kier alpha value is -2.59. The summed E-state index contributed by atoms with van der Waals surface area (Å²) in [6.45, 7) is 0.613. The fourth-order valence-corrected chi connectivity index (χ4v) is 3.33. The summed E-state index contributed by atoms with van der Waals surface area (Å²) in [6, 6.07) is 24.0. The second-order valence-electron chi connectivity index (χ2n) is 5.47. The van der Waals surface area contributed by atoms with E-state index in [0.29, 0.717) is 13.0 Å². The Morgan fingerprint density at radius 2 is 1.62 bits per heavy atom. The lowest BCUT2D eigenvalue weighted by Crippen LogP contribution is -2.30. The van der Waals surface area contributed by atoms with Gasteiger partial charge in [-0.15, -0.1) is 11.3 Å². The zero-order valence-electron chi connectivity index (χ0n) is 13.3. The predicted octanol–water partition coefficient (Wildman–Crippen LogP) is 4.46. The molecule has 3 nitrogen and oxygen atoms in total. The Kier molecular flexibility index (Phi) is 5.64. The normalized spacial score (nSPS) is 11.7. The molecule has 0 saturated carbocycles. The second-order valence-corrected chi connectivity index (χ2v) is 6.45. The molecule has 1 aromatic heterocycles. The van der Waals surface area contributed by atoms with E-state index in [1.165, 1.54) is 0 Å². The highest BCUT2D eigenvalue weighted by molar-refractivity contribution is 7.10. The summed E-state index contributed by atoms with van der Waals surface area (Å²) in [5.41, 5.74) is 2.13. The number of rotatable bonds is 7. The lowest BCUT2D eigenvalue weighted by atomic mass is 10.1. The molecule has 0 spiro atoms. The monoisotopic (exact) mass is 336 g/mol. The minimum atomic E-state index is -0.0876. The summed E-state index contributed by atoms with van der Waals surface area (Å²) < 4.78 is 0. The van der Waals surface area contributed by atoms with Crippen molar-refractivity contribution in [1.29, 1.82) is 0 Å². The van der Waals surface area contributed by atoms with Crippen LogP contribution in [0.3, 0.4) is 0 Å². The third kappa shape index (κ3) is 4.46. The first-order chi connectivity index (χ1) is 11.8. The van der Waals surface area contributed by atoms with Crippen molar-refractivity contribution in [3.63, 3.8) is 0 Å². The molecule has 3 rings (SSSR count). The van der Waals surface area contributed by atoms with E-state index in [1.54, 1.807) is 11.3 Å². The van der Waals surface area contributed by atoms with E-state index < -0.39 is 0 Å². The number of anilines is 1. The van der Waals surface area contributed by atoms with Gasteiger partial charge in [0.1, 0.15) is 0 Å². The van der Waals surface area contributed by atoms with Crippen LogP contribution in [0.15, 0.2) is 78.2 Å². The maximum Gasteiger partial charge on any atom is 0.222 e. The van der Waals surface area contributed by atoms with Gasteiger partial charge in [0.05, 0.1) is 6.04 Å². The number of amides is 1. The van der Waals surface area contributed by atoms with Crippen LogP contribution < -0.4 is 10.6 Å². The Morgan fingerprint density at radius 3 is 2.29 bits per heavy atom. The number of carbonyl (C=O) groups is 1. The fraction of sp³-hybridized carbons (Fsp3) is 0.150. The largest absolute Gasteiger partial charge is 0.385 e. The van der Waals surface area contributed by atoms with Gasteiger partial charge < -0.3 is 10.6 Å². The molecule has 2 N–H and O–H groups in total. The molecule has 1 amide bonds. The number of thiophene rings is 1. The second kappa shape index (κ2) is 8.31. The van der Waals surface area contributed by atoms with Crippen LogP contribution in [0.2, 0.25) is 0 Å². The summed E-state index contributed by atoms with van der Waals surface area (Å²) in [4.78, 5) is 13.5. The number of nitrogens with one attached hydrogen (secondary N) is 2. The topological polar surface area (TPSA) is 41.1 Å². The highest BCUT2D eigenvalue weighted by Crippen LogP contribution is 2.25. The minimum Gasteiger partial charge on any atom is -0.385 e. The number of benzene rings is 2. The van der Waals surface area contributed by atoms with E-state index in [2.05, 4.69) is 16.7 Å². The number of carbonyl (C=O) groups excluding carboxylic acids is 1. The van der Waals surface area contributed by atoms with Gasteiger partial charge in [0.25, 0.3) is 0 Å². The lowest BCUT2D eigenvalue weighted by molar-refractivity contribution is -0.121. The molecule has 1 heterocycles. The summed E-state index contributed by atoms with van der Waals surface area (Å²) in [5.74, 6) is 0.0423. The molecular weight excluding hydrogens is 316 g/mol. The SMILES string of the molecule is O=C(CCNc1ccccc1)N[C@H](c1ccccc1)c1cccs1. The van der Waals surface area contributed by atoms with Crippen molar-refractivity contribution in [2.75, 3.05) is 11.9 Å². The zero-order chi connectivity index (χ0) is 16.6. The van der Waals surface area contributed by atoms with Crippen molar-refractivity contribution in [3.8, 4) is 0 Å². The van der Waals surface area contributed by atoms with Crippen molar-refractivity contribution in [2.24, 2.45) is 0 Å². The Labute approximate surface area is 146 Å². The van der Waals surface area contributed by atoms with Crippen LogP contribution in [-0.2, 0) is 4.79 Å². The summed E-state index contributed by atoms with van der Waals surface area (Å²) >= 11 is 1.66. The van der Waals surface area contributed by atoms with Crippen LogP contribution in [-0.4, -0.2) is 12.5 Å². The average Bonchev–Trinajstić information content (AvgIpc) is 3.16. The molecule has 1 atom stereocenters. The molecule has 4 heteroatoms. The van der Waals surface area contributed by atoms with Gasteiger partial charge in [0, 0.05) is 23.5 Å². The molecule has 122 valence electrons. The Morgan fingerprint density at radius 1 is 0.917 bits per heavy atom. The first kappa shape index (κ1) is 16.3. The van der Waals surface area contributed by atoms with E-state index >= 15 is 0 Å². The van der Waals surface area contributed by atoms with Crippen molar-refractivity contribution in [3.05, 3.63) is 88.6 Å². The average molecular weight is 336 g/mol. The van der Waals surface area contributed by atoms with Gasteiger partial charge in [-0.3, -0.25) is 4.79 Å². The van der Waals surface area contributed by atoms with Crippen LogP contribution in [0.1, 0.15) is 22.9 Å². The molecule has 0 aliphatic carbocycles. The molecule has 24 heavy (non-hydrogen) atoms. The third-order valence-electron chi connectivity index (χ3n) is 3.72. The fourth-order valence-electron chi connectivity index (χ4n) is 2.53. The van der Waals surface area contributed by atoms with Gasteiger partial charge in [-0.1, -0.05) is 54.6 Å². The maximum absolute atomic E-state index is 12.4. The minimum absolute atomic E-state index is 0.0423. The summed E-state index contributed by atoms with van der Waals surface area (Å²) in [6.07, 6.45) is 0.434. The van der Waals surface area contributed by atoms with E-state index in [0.717, 1.165) is 16.1 Å². The molecule has 3 aromatic rings. The first-order valence-electron chi connectivity index (χ1n) is 7.99. The van der Waals surface area contributed by atoms with Gasteiger partial charge in [-0.05, 0) is 29.1 Å². The quantitative estimate of drug-likeness (QED) is 0.669. The Bertz CT molecular complexity index is 742. The van der Waals surface area contributed by atoms with Crippen molar-refractivity contribution in [1.82, 2.24) is 5.32 Å². The molecule has 0 bridgehead atoms. The summed E-state index contributed by atoms with van der Waals surface area (Å²) in [5, 5.41) is 8.45. The standard InChI is InChI=1S/C20H20N2OS/c23-19(13-14-21-17-10-5-2-6-11-17)22-20(18-12-7-15-24-18)16-8-3-1-4-9-16/h1-12,15,20-21H,13-14H2,(H,22,23)/t20-/m1/s1. The van der Waals surface area contributed by atoms with E-state index in [4.69, 9.17) is 0 Å². The molecule has 0 radical (unpaired) electrons. The van der Waals surface area contributed by atoms with Crippen molar-refractivity contribution in [2.45, 2.75) is 12.5 Å². The lowest BCUT2D eigenvalue weighted by Gasteiger charge is -2.18. The predicted molar refractivity (Wildman–Crippen MR) is 100 cm³/mol. The van der Waals surface area contributed by atoms with Crippen LogP contribution in [0.25, 0.3) is 0 Å². The van der Waals surface area contributed by atoms with Gasteiger partial charge in [-0.2, -0.15) is 0 Å². The first-order valence-corrected chi connectivity index (χ1v) is 8.87. The van der Waals surface area contributed by atoms with Gasteiger partial charge in [0.2, 0.25) is 5.91 Å². The van der Waals surface area contributed by atoms with Gasteiger partial charge >= 0.3 is 0 Å². The molecule has 0 aliphatic heterocycles. The third-order valence-corrected chi connectivity index (χ3v) is 4.66. The molecule has 2 aromatic carbocycles. The van der Waals surface area contributed by atoms with E-state index in [1.807, 2.05) is 72.1 Å². The highest BCUT2D eigenvalue weighted by atomic mass is 32.1. The molecular formula is C20H20N2OS.